The van der Waals surface area contributed by atoms with Gasteiger partial charge in [0.1, 0.15) is 0 Å². The molecule has 1 heterocycles. The molecule has 0 bridgehead atoms. The third kappa shape index (κ3) is 6.04. The lowest BCUT2D eigenvalue weighted by molar-refractivity contribution is -0.115. The summed E-state index contributed by atoms with van der Waals surface area (Å²) in [7, 11) is 2.51. The quantitative estimate of drug-likeness (QED) is 0.243. The Morgan fingerprint density at radius 1 is 1.09 bits per heavy atom. The van der Waals surface area contributed by atoms with Crippen LogP contribution in [0.3, 0.4) is 0 Å². The molecule has 4 aromatic rings. The summed E-state index contributed by atoms with van der Waals surface area (Å²) in [6, 6.07) is 19.4. The first-order valence-corrected chi connectivity index (χ1v) is 13.0. The van der Waals surface area contributed by atoms with Crippen LogP contribution in [-0.4, -0.2) is 54.0 Å². The largest absolute Gasteiger partial charge is 0.395 e. The van der Waals surface area contributed by atoms with Gasteiger partial charge in [-0.05, 0) is 24.3 Å². The molecule has 4 rings (SSSR count). The zero-order valence-electron chi connectivity index (χ0n) is 19.4. The number of amides is 1. The van der Waals surface area contributed by atoms with Crippen molar-refractivity contribution in [3.8, 4) is 11.3 Å². The second-order valence-corrected chi connectivity index (χ2v) is 10.0. The Balaban J connectivity index is 1.50. The van der Waals surface area contributed by atoms with Crippen LogP contribution in [0, 0.1) is 0 Å². The summed E-state index contributed by atoms with van der Waals surface area (Å²) in [6.07, 6.45) is 0. The average Bonchev–Trinajstić information content (AvgIpc) is 3.32. The summed E-state index contributed by atoms with van der Waals surface area (Å²) in [5.74, 6) is -0.224. The predicted octanol–water partition coefficient (Wildman–Crippen LogP) is 3.68. The highest BCUT2D eigenvalue weighted by Crippen LogP contribution is 2.31. The van der Waals surface area contributed by atoms with E-state index in [0.717, 1.165) is 22.0 Å². The molecule has 35 heavy (non-hydrogen) atoms. The van der Waals surface area contributed by atoms with Crippen LogP contribution in [0.25, 0.3) is 22.0 Å². The van der Waals surface area contributed by atoms with Gasteiger partial charge < -0.3 is 25.4 Å². The van der Waals surface area contributed by atoms with Crippen molar-refractivity contribution in [2.75, 3.05) is 48.7 Å². The molecular weight excluding hydrogens is 482 g/mol. The Hall–Kier alpha value is -3.31. The molecule has 0 radical (unpaired) electrons. The highest BCUT2D eigenvalue weighted by atomic mass is 32.2. The molecule has 1 aromatic heterocycles. The van der Waals surface area contributed by atoms with Crippen molar-refractivity contribution in [1.82, 2.24) is 10.3 Å². The summed E-state index contributed by atoms with van der Waals surface area (Å²) >= 11 is 1.33. The van der Waals surface area contributed by atoms with E-state index < -0.39 is 11.0 Å². The lowest BCUT2D eigenvalue weighted by Crippen LogP contribution is -2.29. The molecule has 0 aliphatic carbocycles. The smallest absolute Gasteiger partial charge is 0.240 e. The van der Waals surface area contributed by atoms with E-state index in [1.54, 1.807) is 0 Å². The maximum absolute atomic E-state index is 13.3. The minimum Gasteiger partial charge on any atom is -0.395 e. The Labute approximate surface area is 210 Å². The van der Waals surface area contributed by atoms with Crippen molar-refractivity contribution >= 4 is 55.5 Å². The van der Waals surface area contributed by atoms with Crippen LogP contribution in [0.5, 0.6) is 0 Å². The first-order valence-electron chi connectivity index (χ1n) is 11.0. The van der Waals surface area contributed by atoms with Crippen molar-refractivity contribution in [3.63, 3.8) is 0 Å². The number of fused-ring (bicyclic) bond motifs is 1. The first-order chi connectivity index (χ1) is 17.0. The van der Waals surface area contributed by atoms with Crippen LogP contribution in [0.15, 0.2) is 70.9 Å². The van der Waals surface area contributed by atoms with Crippen molar-refractivity contribution in [1.29, 1.82) is 0 Å². The molecule has 8 nitrogen and oxygen atoms in total. The van der Waals surface area contributed by atoms with Gasteiger partial charge in [0, 0.05) is 53.7 Å². The standard InChI is InChI=1S/C25H27N5O3S2/c1-30(2)22-10-4-9-20-19(22)8-5-11-23(20)35(33)29-18-7-3-6-17(14-18)21-16-34-25(27-21)28-24(32)15-26-12-13-31/h3-11,14,16,26,29,31H,12-13,15H2,1-2H3,(H,27,28,32). The number of anilines is 3. The maximum atomic E-state index is 13.3. The SMILES string of the molecule is CN(C)c1cccc2c(S(=O)Nc3cccc(-c4csc(NC(=O)CNCCO)n4)c3)cccc12. The number of aromatic nitrogens is 1. The second-order valence-electron chi connectivity index (χ2n) is 7.96. The van der Waals surface area contributed by atoms with E-state index in [-0.39, 0.29) is 19.1 Å². The minimum absolute atomic E-state index is 0.0263. The Morgan fingerprint density at radius 3 is 2.66 bits per heavy atom. The van der Waals surface area contributed by atoms with Crippen LogP contribution in [0.1, 0.15) is 0 Å². The summed E-state index contributed by atoms with van der Waals surface area (Å²) in [5, 5.41) is 18.7. The van der Waals surface area contributed by atoms with E-state index in [1.807, 2.05) is 85.0 Å². The fourth-order valence-corrected chi connectivity index (χ4v) is 5.40. The fraction of sp³-hybridized carbons (Fsp3) is 0.200. The van der Waals surface area contributed by atoms with Crippen molar-refractivity contribution in [2.24, 2.45) is 0 Å². The van der Waals surface area contributed by atoms with Gasteiger partial charge in [0.2, 0.25) is 5.91 Å². The summed E-state index contributed by atoms with van der Waals surface area (Å²) in [4.78, 5) is 19.2. The van der Waals surface area contributed by atoms with Gasteiger partial charge in [-0.3, -0.25) is 4.79 Å². The van der Waals surface area contributed by atoms with Crippen LogP contribution >= 0.6 is 11.3 Å². The lowest BCUT2D eigenvalue weighted by Gasteiger charge is -2.17. The second kappa shape index (κ2) is 11.4. The van der Waals surface area contributed by atoms with Gasteiger partial charge >= 0.3 is 0 Å². The number of hydrogen-bond donors (Lipinski definition) is 4. The number of aliphatic hydroxyl groups is 1. The van der Waals surface area contributed by atoms with Gasteiger partial charge in [-0.1, -0.05) is 36.4 Å². The van der Waals surface area contributed by atoms with Gasteiger partial charge in [-0.15, -0.1) is 11.3 Å². The number of nitrogens with one attached hydrogen (secondary N) is 3. The number of rotatable bonds is 10. The molecule has 0 fully saturated rings. The van der Waals surface area contributed by atoms with Gasteiger partial charge in [-0.2, -0.15) is 0 Å². The van der Waals surface area contributed by atoms with Crippen molar-refractivity contribution in [2.45, 2.75) is 4.90 Å². The molecule has 4 N–H and O–H groups in total. The molecule has 0 saturated heterocycles. The monoisotopic (exact) mass is 509 g/mol. The zero-order valence-corrected chi connectivity index (χ0v) is 21.1. The van der Waals surface area contributed by atoms with E-state index in [0.29, 0.717) is 28.0 Å². The fourth-order valence-electron chi connectivity index (χ4n) is 3.63. The van der Waals surface area contributed by atoms with Crippen LogP contribution in [0.4, 0.5) is 16.5 Å². The Morgan fingerprint density at radius 2 is 1.86 bits per heavy atom. The summed E-state index contributed by atoms with van der Waals surface area (Å²) in [6.45, 7) is 0.430. The Bertz CT molecular complexity index is 1360. The van der Waals surface area contributed by atoms with Crippen molar-refractivity contribution in [3.05, 3.63) is 66.0 Å². The number of nitrogens with zero attached hydrogens (tertiary/aromatic N) is 2. The number of aliphatic hydroxyl groups excluding tert-OH is 1. The van der Waals surface area contributed by atoms with E-state index in [4.69, 9.17) is 5.11 Å². The molecule has 182 valence electrons. The maximum Gasteiger partial charge on any atom is 0.240 e. The van der Waals surface area contributed by atoms with Gasteiger partial charge in [-0.25, -0.2) is 9.19 Å². The van der Waals surface area contributed by atoms with Gasteiger partial charge in [0.15, 0.2) is 16.1 Å². The van der Waals surface area contributed by atoms with Crippen LogP contribution in [0.2, 0.25) is 0 Å². The van der Waals surface area contributed by atoms with E-state index in [1.165, 1.54) is 11.3 Å². The summed E-state index contributed by atoms with van der Waals surface area (Å²) < 4.78 is 16.4. The zero-order chi connectivity index (χ0) is 24.8. The van der Waals surface area contributed by atoms with Gasteiger partial charge in [0.25, 0.3) is 0 Å². The molecule has 10 heteroatoms. The van der Waals surface area contributed by atoms with E-state index >= 15 is 0 Å². The van der Waals surface area contributed by atoms with Crippen LogP contribution < -0.4 is 20.3 Å². The average molecular weight is 510 g/mol. The lowest BCUT2D eigenvalue weighted by atomic mass is 10.1. The number of hydrogen-bond acceptors (Lipinski definition) is 7. The highest BCUT2D eigenvalue weighted by Gasteiger charge is 2.13. The van der Waals surface area contributed by atoms with Gasteiger partial charge in [0.05, 0.1) is 23.7 Å². The Kier molecular flexibility index (Phi) is 8.09. The number of carbonyl (C=O) groups excluding carboxylic acids is 1. The molecule has 0 spiro atoms. The van der Waals surface area contributed by atoms with Crippen molar-refractivity contribution < 1.29 is 14.1 Å². The molecule has 0 aliphatic rings. The van der Waals surface area contributed by atoms with E-state index in [9.17, 15) is 9.00 Å². The molecule has 3 aromatic carbocycles. The minimum atomic E-state index is -1.47. The number of carbonyl (C=O) groups is 1. The molecule has 0 aliphatic heterocycles. The molecule has 0 saturated carbocycles. The number of thiazole rings is 1. The molecule has 1 amide bonds. The molecule has 1 unspecified atom stereocenters. The highest BCUT2D eigenvalue weighted by molar-refractivity contribution is 7.86. The first kappa shape index (κ1) is 24.8. The number of benzene rings is 3. The summed E-state index contributed by atoms with van der Waals surface area (Å²) in [5.41, 5.74) is 3.33. The predicted molar refractivity (Wildman–Crippen MR) is 144 cm³/mol. The topological polar surface area (TPSA) is 107 Å². The normalized spacial score (nSPS) is 11.9. The van der Waals surface area contributed by atoms with E-state index in [2.05, 4.69) is 20.3 Å². The molecular formula is C25H27N5O3S2. The molecule has 1 atom stereocenters. The third-order valence-corrected chi connectivity index (χ3v) is 7.17. The third-order valence-electron chi connectivity index (χ3n) is 5.23. The van der Waals surface area contributed by atoms with Crippen LogP contribution in [-0.2, 0) is 15.8 Å².